The lowest BCUT2D eigenvalue weighted by molar-refractivity contribution is -0.181. The molecule has 0 aliphatic carbocycles. The first-order valence-corrected chi connectivity index (χ1v) is 9.77. The number of hydrogen-bond acceptors (Lipinski definition) is 3. The molecule has 1 atom stereocenters. The van der Waals surface area contributed by atoms with E-state index in [0.717, 1.165) is 24.6 Å². The number of hydrogen-bond donors (Lipinski definition) is 1. The zero-order valence-corrected chi connectivity index (χ0v) is 17.3. The quantitative estimate of drug-likeness (QED) is 0.589. The van der Waals surface area contributed by atoms with E-state index in [1.54, 1.807) is 0 Å². The van der Waals surface area contributed by atoms with Crippen LogP contribution in [0, 0.1) is 0 Å². The average molecular weight is 400 g/mol. The van der Waals surface area contributed by atoms with Crippen LogP contribution in [0.2, 0.25) is 0 Å². The molecule has 0 spiro atoms. The first kappa shape index (κ1) is 22.5. The number of halogens is 3. The molecule has 1 aliphatic rings. The van der Waals surface area contributed by atoms with Crippen LogP contribution in [0.4, 0.5) is 13.2 Å². The van der Waals surface area contributed by atoms with Gasteiger partial charge in [0, 0.05) is 39.3 Å². The summed E-state index contributed by atoms with van der Waals surface area (Å²) in [6.45, 7) is 7.19. The molecule has 158 valence electrons. The first-order valence-electron chi connectivity index (χ1n) is 9.77. The molecule has 0 aromatic heterocycles. The highest BCUT2D eigenvalue weighted by Gasteiger charge is 2.41. The Labute approximate surface area is 166 Å². The van der Waals surface area contributed by atoms with E-state index in [-0.39, 0.29) is 0 Å². The molecule has 0 radical (unpaired) electrons. The highest BCUT2D eigenvalue weighted by molar-refractivity contribution is 5.80. The van der Waals surface area contributed by atoms with Crippen molar-refractivity contribution in [2.45, 2.75) is 39.2 Å². The summed E-state index contributed by atoms with van der Waals surface area (Å²) in [4.78, 5) is 10.4. The molecule has 28 heavy (non-hydrogen) atoms. The van der Waals surface area contributed by atoms with E-state index >= 15 is 0 Å². The third kappa shape index (κ3) is 6.67. The van der Waals surface area contributed by atoms with Crippen LogP contribution in [0.5, 0.6) is 0 Å². The Morgan fingerprint density at radius 1 is 1.18 bits per heavy atom. The lowest BCUT2D eigenvalue weighted by Crippen LogP contribution is -2.56. The van der Waals surface area contributed by atoms with Crippen molar-refractivity contribution in [3.8, 4) is 0 Å². The Bertz CT molecular complexity index is 637. The summed E-state index contributed by atoms with van der Waals surface area (Å²) >= 11 is 0. The van der Waals surface area contributed by atoms with E-state index in [1.807, 2.05) is 32.0 Å². The smallest absolute Gasteiger partial charge is 0.357 e. The topological polar surface area (TPSA) is 34.1 Å². The molecule has 5 nitrogen and oxygen atoms in total. The van der Waals surface area contributed by atoms with Gasteiger partial charge in [0.2, 0.25) is 0 Å². The van der Waals surface area contributed by atoms with Gasteiger partial charge >= 0.3 is 6.18 Å². The maximum absolute atomic E-state index is 12.9. The summed E-state index contributed by atoms with van der Waals surface area (Å²) in [5.41, 5.74) is 2.36. The molecule has 8 heteroatoms. The molecule has 2 rings (SSSR count). The fourth-order valence-electron chi connectivity index (χ4n) is 3.31. The van der Waals surface area contributed by atoms with Crippen molar-refractivity contribution in [1.82, 2.24) is 20.0 Å². The summed E-state index contributed by atoms with van der Waals surface area (Å²) in [7, 11) is 4.07. The Kier molecular flexibility index (Phi) is 8.12. The lowest BCUT2D eigenvalue weighted by Gasteiger charge is -2.39. The zero-order valence-electron chi connectivity index (χ0n) is 17.3. The minimum atomic E-state index is -4.18. The third-order valence-electron chi connectivity index (χ3n) is 4.87. The van der Waals surface area contributed by atoms with Gasteiger partial charge in [-0.15, -0.1) is 0 Å². The van der Waals surface area contributed by atoms with E-state index in [9.17, 15) is 13.2 Å². The second-order valence-electron chi connectivity index (χ2n) is 7.47. The lowest BCUT2D eigenvalue weighted by atomic mass is 10.1. The Morgan fingerprint density at radius 3 is 2.39 bits per heavy atom. The largest absolute Gasteiger partial charge is 0.403 e. The predicted octanol–water partition coefficient (Wildman–Crippen LogP) is 2.78. The molecule has 0 amide bonds. The van der Waals surface area contributed by atoms with E-state index in [0.29, 0.717) is 32.7 Å². The second-order valence-corrected chi connectivity index (χ2v) is 7.47. The highest BCUT2D eigenvalue weighted by Crippen LogP contribution is 2.25. The number of alkyl halides is 3. The Balaban J connectivity index is 2.00. The SMILES string of the molecule is CCNC(=NCc1cccc(CN(C)C)c1)N1CCN(C(C)C(F)(F)F)CC1. The van der Waals surface area contributed by atoms with Crippen molar-refractivity contribution in [3.63, 3.8) is 0 Å². The van der Waals surface area contributed by atoms with Gasteiger partial charge in [0.15, 0.2) is 5.96 Å². The van der Waals surface area contributed by atoms with E-state index in [2.05, 4.69) is 28.4 Å². The van der Waals surface area contributed by atoms with Crippen LogP contribution in [0.1, 0.15) is 25.0 Å². The van der Waals surface area contributed by atoms with Gasteiger partial charge in [0.25, 0.3) is 0 Å². The summed E-state index contributed by atoms with van der Waals surface area (Å²) in [5, 5.41) is 3.27. The molecule has 1 aromatic carbocycles. The molecule has 1 N–H and O–H groups in total. The minimum absolute atomic E-state index is 0.378. The van der Waals surface area contributed by atoms with Gasteiger partial charge in [0.1, 0.15) is 6.04 Å². The number of piperazine rings is 1. The monoisotopic (exact) mass is 399 g/mol. The molecule has 1 saturated heterocycles. The average Bonchev–Trinajstić information content (AvgIpc) is 2.64. The normalized spacial score (nSPS) is 17.9. The van der Waals surface area contributed by atoms with Gasteiger partial charge in [0.05, 0.1) is 6.54 Å². The Hall–Kier alpha value is -1.80. The minimum Gasteiger partial charge on any atom is -0.357 e. The maximum atomic E-state index is 12.9. The summed E-state index contributed by atoms with van der Waals surface area (Å²) in [5.74, 6) is 0.764. The molecule has 0 bridgehead atoms. The van der Waals surface area contributed by atoms with Crippen LogP contribution in [-0.4, -0.2) is 79.7 Å². The number of nitrogens with one attached hydrogen (secondary N) is 1. The fraction of sp³-hybridized carbons (Fsp3) is 0.650. The van der Waals surface area contributed by atoms with E-state index in [1.165, 1.54) is 17.4 Å². The molecule has 1 aromatic rings. The number of rotatable bonds is 6. The summed E-state index contributed by atoms with van der Waals surface area (Å²) in [6, 6.07) is 6.92. The van der Waals surface area contributed by atoms with Crippen LogP contribution in [0.15, 0.2) is 29.3 Å². The first-order chi connectivity index (χ1) is 13.2. The zero-order chi connectivity index (χ0) is 20.7. The number of guanidine groups is 1. The van der Waals surface area contributed by atoms with Gasteiger partial charge < -0.3 is 15.1 Å². The third-order valence-corrected chi connectivity index (χ3v) is 4.87. The van der Waals surface area contributed by atoms with Crippen LogP contribution in [0.25, 0.3) is 0 Å². The van der Waals surface area contributed by atoms with E-state index in [4.69, 9.17) is 4.99 Å². The standard InChI is InChI=1S/C20H32F3N5/c1-5-24-19(25-14-17-7-6-8-18(13-17)15-26(3)4)28-11-9-27(10-12-28)16(2)20(21,22)23/h6-8,13,16H,5,9-12,14-15H2,1-4H3,(H,24,25). The van der Waals surface area contributed by atoms with Crippen molar-refractivity contribution in [3.05, 3.63) is 35.4 Å². The molecular formula is C20H32F3N5. The molecule has 0 saturated carbocycles. The van der Waals surface area contributed by atoms with Crippen molar-refractivity contribution < 1.29 is 13.2 Å². The molecule has 1 unspecified atom stereocenters. The highest BCUT2D eigenvalue weighted by atomic mass is 19.4. The van der Waals surface area contributed by atoms with Crippen molar-refractivity contribution in [2.75, 3.05) is 46.8 Å². The van der Waals surface area contributed by atoms with Crippen LogP contribution < -0.4 is 5.32 Å². The van der Waals surface area contributed by atoms with Crippen LogP contribution in [0.3, 0.4) is 0 Å². The van der Waals surface area contributed by atoms with Gasteiger partial charge in [-0.1, -0.05) is 24.3 Å². The van der Waals surface area contributed by atoms with Gasteiger partial charge in [-0.3, -0.25) is 4.90 Å². The second kappa shape index (κ2) is 10.1. The van der Waals surface area contributed by atoms with Gasteiger partial charge in [-0.25, -0.2) is 4.99 Å². The molecule has 1 aliphatic heterocycles. The predicted molar refractivity (Wildman–Crippen MR) is 107 cm³/mol. The van der Waals surface area contributed by atoms with Gasteiger partial charge in [-0.05, 0) is 39.1 Å². The molecular weight excluding hydrogens is 367 g/mol. The van der Waals surface area contributed by atoms with Crippen molar-refractivity contribution in [1.29, 1.82) is 0 Å². The molecule has 1 heterocycles. The van der Waals surface area contributed by atoms with Gasteiger partial charge in [-0.2, -0.15) is 13.2 Å². The van der Waals surface area contributed by atoms with Crippen LogP contribution in [-0.2, 0) is 13.1 Å². The number of benzene rings is 1. The Morgan fingerprint density at radius 2 is 1.82 bits per heavy atom. The summed E-state index contributed by atoms with van der Waals surface area (Å²) < 4.78 is 38.8. The molecule has 1 fully saturated rings. The van der Waals surface area contributed by atoms with Crippen LogP contribution >= 0.6 is 0 Å². The number of aliphatic imine (C=N–C) groups is 1. The maximum Gasteiger partial charge on any atom is 0.403 e. The van der Waals surface area contributed by atoms with Crippen molar-refractivity contribution in [2.24, 2.45) is 4.99 Å². The number of nitrogens with zero attached hydrogens (tertiary/aromatic N) is 4. The summed E-state index contributed by atoms with van der Waals surface area (Å²) in [6.07, 6.45) is -4.18. The fourth-order valence-corrected chi connectivity index (χ4v) is 3.31. The van der Waals surface area contributed by atoms with E-state index < -0.39 is 12.2 Å². The van der Waals surface area contributed by atoms with Crippen molar-refractivity contribution >= 4 is 5.96 Å².